The van der Waals surface area contributed by atoms with Gasteiger partial charge in [-0.1, -0.05) is 13.3 Å². The molecule has 0 aromatic heterocycles. The SMILES string of the molecule is CCCCN1CC(N)CC(CC(F)(F)F)C1. The number of likely N-dealkylation sites (tertiary alicyclic amines) is 1. The monoisotopic (exact) mass is 238 g/mol. The standard InChI is InChI=1S/C11H21F3N2/c1-2-3-4-16-7-9(5-10(15)8-16)6-11(12,13)14/h9-10H,2-8,15H2,1H3. The molecule has 0 saturated carbocycles. The lowest BCUT2D eigenvalue weighted by atomic mass is 9.91. The second kappa shape index (κ2) is 5.87. The van der Waals surface area contributed by atoms with Crippen LogP contribution in [0.4, 0.5) is 13.2 Å². The van der Waals surface area contributed by atoms with Gasteiger partial charge in [-0.05, 0) is 25.3 Å². The molecule has 2 atom stereocenters. The summed E-state index contributed by atoms with van der Waals surface area (Å²) in [6.07, 6.45) is -2.15. The molecule has 1 saturated heterocycles. The summed E-state index contributed by atoms with van der Waals surface area (Å²) in [6.45, 7) is 4.25. The van der Waals surface area contributed by atoms with Crippen molar-refractivity contribution in [1.29, 1.82) is 0 Å². The Labute approximate surface area is 95.0 Å². The Kier molecular flexibility index (Phi) is 5.05. The van der Waals surface area contributed by atoms with Crippen molar-refractivity contribution >= 4 is 0 Å². The molecule has 1 heterocycles. The van der Waals surface area contributed by atoms with Crippen LogP contribution in [0.3, 0.4) is 0 Å². The van der Waals surface area contributed by atoms with Crippen LogP contribution in [0.25, 0.3) is 0 Å². The molecule has 1 rings (SSSR count). The minimum Gasteiger partial charge on any atom is -0.327 e. The number of hydrogen-bond acceptors (Lipinski definition) is 2. The number of nitrogens with zero attached hydrogens (tertiary/aromatic N) is 1. The minimum atomic E-state index is -4.06. The summed E-state index contributed by atoms with van der Waals surface area (Å²) in [5, 5.41) is 0. The van der Waals surface area contributed by atoms with Crippen molar-refractivity contribution in [1.82, 2.24) is 4.90 Å². The van der Waals surface area contributed by atoms with Crippen LogP contribution in [0, 0.1) is 5.92 Å². The zero-order valence-electron chi connectivity index (χ0n) is 9.76. The highest BCUT2D eigenvalue weighted by atomic mass is 19.4. The Balaban J connectivity index is 2.41. The van der Waals surface area contributed by atoms with Gasteiger partial charge in [-0.15, -0.1) is 0 Å². The molecule has 0 radical (unpaired) electrons. The smallest absolute Gasteiger partial charge is 0.327 e. The summed E-state index contributed by atoms with van der Waals surface area (Å²) in [5.74, 6) is -0.319. The summed E-state index contributed by atoms with van der Waals surface area (Å²) in [5.41, 5.74) is 5.80. The Bertz CT molecular complexity index is 206. The van der Waals surface area contributed by atoms with Crippen LogP contribution >= 0.6 is 0 Å². The Morgan fingerprint density at radius 2 is 2.00 bits per heavy atom. The lowest BCUT2D eigenvalue weighted by molar-refractivity contribution is -0.148. The van der Waals surface area contributed by atoms with Gasteiger partial charge in [0.15, 0.2) is 0 Å². The van der Waals surface area contributed by atoms with E-state index in [-0.39, 0.29) is 12.0 Å². The van der Waals surface area contributed by atoms with Gasteiger partial charge in [0, 0.05) is 25.6 Å². The molecule has 16 heavy (non-hydrogen) atoms. The summed E-state index contributed by atoms with van der Waals surface area (Å²) in [6, 6.07) is -0.0991. The maximum absolute atomic E-state index is 12.3. The summed E-state index contributed by atoms with van der Waals surface area (Å²) in [7, 11) is 0. The molecule has 0 spiro atoms. The maximum atomic E-state index is 12.3. The van der Waals surface area contributed by atoms with E-state index in [1.165, 1.54) is 0 Å². The number of nitrogens with two attached hydrogens (primary N) is 1. The van der Waals surface area contributed by atoms with E-state index >= 15 is 0 Å². The van der Waals surface area contributed by atoms with E-state index in [0.717, 1.165) is 25.9 Å². The molecule has 1 fully saturated rings. The van der Waals surface area contributed by atoms with Crippen molar-refractivity contribution < 1.29 is 13.2 Å². The molecule has 5 heteroatoms. The molecule has 2 unspecified atom stereocenters. The van der Waals surface area contributed by atoms with E-state index in [2.05, 4.69) is 11.8 Å². The topological polar surface area (TPSA) is 29.3 Å². The van der Waals surface area contributed by atoms with Crippen LogP contribution in [0.5, 0.6) is 0 Å². The Morgan fingerprint density at radius 3 is 2.56 bits per heavy atom. The number of halogens is 3. The van der Waals surface area contributed by atoms with Gasteiger partial charge < -0.3 is 10.6 Å². The first kappa shape index (κ1) is 13.8. The van der Waals surface area contributed by atoms with Crippen molar-refractivity contribution in [3.8, 4) is 0 Å². The van der Waals surface area contributed by atoms with Crippen LogP contribution in [-0.4, -0.2) is 36.8 Å². The van der Waals surface area contributed by atoms with Crippen LogP contribution in [0.2, 0.25) is 0 Å². The third-order valence-corrected chi connectivity index (χ3v) is 2.99. The minimum absolute atomic E-state index is 0.0991. The molecule has 0 bridgehead atoms. The molecule has 2 N–H and O–H groups in total. The number of unbranched alkanes of at least 4 members (excludes halogenated alkanes) is 1. The summed E-state index contributed by atoms with van der Waals surface area (Å²) >= 11 is 0. The number of piperidine rings is 1. The van der Waals surface area contributed by atoms with E-state index in [1.54, 1.807) is 0 Å². The van der Waals surface area contributed by atoms with Crippen molar-refractivity contribution in [2.75, 3.05) is 19.6 Å². The molecule has 96 valence electrons. The molecule has 0 amide bonds. The van der Waals surface area contributed by atoms with Crippen LogP contribution < -0.4 is 5.73 Å². The van der Waals surface area contributed by atoms with Gasteiger partial charge in [0.25, 0.3) is 0 Å². The van der Waals surface area contributed by atoms with Gasteiger partial charge in [0.1, 0.15) is 0 Å². The zero-order valence-corrected chi connectivity index (χ0v) is 9.76. The first-order valence-corrected chi connectivity index (χ1v) is 5.95. The van der Waals surface area contributed by atoms with Crippen molar-refractivity contribution in [2.24, 2.45) is 11.7 Å². The third kappa shape index (κ3) is 5.16. The fourth-order valence-corrected chi connectivity index (χ4v) is 2.39. The van der Waals surface area contributed by atoms with Gasteiger partial charge in [-0.2, -0.15) is 13.2 Å². The second-order valence-corrected chi connectivity index (χ2v) is 4.79. The van der Waals surface area contributed by atoms with Crippen molar-refractivity contribution in [2.45, 2.75) is 44.8 Å². The van der Waals surface area contributed by atoms with E-state index in [4.69, 9.17) is 5.73 Å². The van der Waals surface area contributed by atoms with Crippen molar-refractivity contribution in [3.63, 3.8) is 0 Å². The van der Waals surface area contributed by atoms with E-state index in [0.29, 0.717) is 13.0 Å². The molecule has 1 aliphatic rings. The highest BCUT2D eigenvalue weighted by Gasteiger charge is 2.35. The normalized spacial score (nSPS) is 28.3. The van der Waals surface area contributed by atoms with Gasteiger partial charge in [-0.25, -0.2) is 0 Å². The van der Waals surface area contributed by atoms with Crippen molar-refractivity contribution in [3.05, 3.63) is 0 Å². The molecule has 0 aromatic rings. The maximum Gasteiger partial charge on any atom is 0.389 e. The summed E-state index contributed by atoms with van der Waals surface area (Å²) < 4.78 is 36.9. The Hall–Kier alpha value is -0.290. The van der Waals surface area contributed by atoms with Gasteiger partial charge in [0.05, 0.1) is 0 Å². The predicted molar refractivity (Wildman–Crippen MR) is 58.1 cm³/mol. The quantitative estimate of drug-likeness (QED) is 0.814. The number of hydrogen-bond donors (Lipinski definition) is 1. The van der Waals surface area contributed by atoms with Gasteiger partial charge in [0.2, 0.25) is 0 Å². The largest absolute Gasteiger partial charge is 0.389 e. The van der Waals surface area contributed by atoms with Crippen LogP contribution in [0.15, 0.2) is 0 Å². The highest BCUT2D eigenvalue weighted by Crippen LogP contribution is 2.29. The van der Waals surface area contributed by atoms with Gasteiger partial charge in [-0.3, -0.25) is 0 Å². The molecule has 2 nitrogen and oxygen atoms in total. The highest BCUT2D eigenvalue weighted by molar-refractivity contribution is 4.82. The van der Waals surface area contributed by atoms with Crippen LogP contribution in [0.1, 0.15) is 32.6 Å². The van der Waals surface area contributed by atoms with E-state index in [9.17, 15) is 13.2 Å². The molecule has 1 aliphatic heterocycles. The third-order valence-electron chi connectivity index (χ3n) is 2.99. The summed E-state index contributed by atoms with van der Waals surface area (Å²) in [4.78, 5) is 2.08. The zero-order chi connectivity index (χ0) is 12.2. The van der Waals surface area contributed by atoms with Crippen LogP contribution in [-0.2, 0) is 0 Å². The average Bonchev–Trinajstić information content (AvgIpc) is 2.10. The second-order valence-electron chi connectivity index (χ2n) is 4.79. The van der Waals surface area contributed by atoms with Gasteiger partial charge >= 0.3 is 6.18 Å². The predicted octanol–water partition coefficient (Wildman–Crippen LogP) is 2.39. The lowest BCUT2D eigenvalue weighted by Gasteiger charge is -2.36. The fraction of sp³-hybridized carbons (Fsp3) is 1.00. The Morgan fingerprint density at radius 1 is 1.31 bits per heavy atom. The number of rotatable bonds is 4. The van der Waals surface area contributed by atoms with E-state index < -0.39 is 12.6 Å². The fourth-order valence-electron chi connectivity index (χ4n) is 2.39. The first-order chi connectivity index (χ1) is 7.40. The molecule has 0 aliphatic carbocycles. The van der Waals surface area contributed by atoms with E-state index in [1.807, 2.05) is 0 Å². The molecular formula is C11H21F3N2. The first-order valence-electron chi connectivity index (χ1n) is 5.95. The number of alkyl halides is 3. The lowest BCUT2D eigenvalue weighted by Crippen LogP contribution is -2.48. The molecular weight excluding hydrogens is 217 g/mol. The molecule has 0 aromatic carbocycles. The average molecular weight is 238 g/mol.